The van der Waals surface area contributed by atoms with Crippen molar-refractivity contribution in [2.24, 2.45) is 5.92 Å². The van der Waals surface area contributed by atoms with Gasteiger partial charge in [0.05, 0.1) is 13.7 Å². The predicted octanol–water partition coefficient (Wildman–Crippen LogP) is 3.28. The van der Waals surface area contributed by atoms with Crippen LogP contribution in [0.5, 0.6) is 17.2 Å². The highest BCUT2D eigenvalue weighted by atomic mass is 19.3. The number of hydrogen-bond donors (Lipinski definition) is 1. The molecule has 0 aliphatic carbocycles. The number of methoxy groups -OCH3 is 1. The number of amides is 1. The molecular weight excluding hydrogens is 344 g/mol. The highest BCUT2D eigenvalue weighted by Crippen LogP contribution is 2.30. The molecule has 2 aromatic carbocycles. The number of ether oxygens (including phenoxy) is 3. The number of rotatable bonds is 6. The zero-order valence-electron chi connectivity index (χ0n) is 14.2. The van der Waals surface area contributed by atoms with Crippen LogP contribution in [0.3, 0.4) is 0 Å². The standard InChI is InChI=1S/C19H19F2NO4/c1-24-17-9-14(6-7-16(17)26-19(20)21)18(23)22-10-12-8-13-4-2-3-5-15(13)25-11-12/h2-7,9,12,19H,8,10-11H2,1H3,(H,22,23). The molecule has 1 unspecified atom stereocenters. The average molecular weight is 363 g/mol. The number of nitrogens with one attached hydrogen (secondary N) is 1. The van der Waals surface area contributed by atoms with Gasteiger partial charge in [0.25, 0.3) is 5.91 Å². The minimum absolute atomic E-state index is 0.0767. The summed E-state index contributed by atoms with van der Waals surface area (Å²) in [5.74, 6) is 0.696. The normalized spacial score (nSPS) is 15.8. The number of hydrogen-bond acceptors (Lipinski definition) is 4. The van der Waals surface area contributed by atoms with Crippen LogP contribution in [0, 0.1) is 5.92 Å². The Kier molecular flexibility index (Phi) is 5.55. The van der Waals surface area contributed by atoms with Crippen LogP contribution in [0.4, 0.5) is 8.78 Å². The van der Waals surface area contributed by atoms with Gasteiger partial charge in [-0.05, 0) is 36.2 Å². The fourth-order valence-electron chi connectivity index (χ4n) is 2.86. The van der Waals surface area contributed by atoms with Crippen LogP contribution in [0.15, 0.2) is 42.5 Å². The smallest absolute Gasteiger partial charge is 0.387 e. The largest absolute Gasteiger partial charge is 0.493 e. The molecule has 1 aliphatic rings. The lowest BCUT2D eigenvalue weighted by molar-refractivity contribution is -0.0512. The molecule has 0 bridgehead atoms. The summed E-state index contributed by atoms with van der Waals surface area (Å²) < 4.78 is 39.8. The van der Waals surface area contributed by atoms with Crippen molar-refractivity contribution in [3.8, 4) is 17.2 Å². The highest BCUT2D eigenvalue weighted by Gasteiger charge is 2.21. The lowest BCUT2D eigenvalue weighted by atomic mass is 9.96. The van der Waals surface area contributed by atoms with E-state index < -0.39 is 6.61 Å². The molecule has 26 heavy (non-hydrogen) atoms. The minimum atomic E-state index is -2.96. The molecule has 2 aromatic rings. The molecule has 0 fully saturated rings. The maximum absolute atomic E-state index is 12.4. The van der Waals surface area contributed by atoms with E-state index >= 15 is 0 Å². The Morgan fingerprint density at radius 1 is 1.27 bits per heavy atom. The van der Waals surface area contributed by atoms with Crippen molar-refractivity contribution in [1.29, 1.82) is 0 Å². The topological polar surface area (TPSA) is 56.8 Å². The molecule has 0 saturated carbocycles. The van der Waals surface area contributed by atoms with Gasteiger partial charge in [0.1, 0.15) is 5.75 Å². The summed E-state index contributed by atoms with van der Waals surface area (Å²) in [5.41, 5.74) is 1.42. The third-order valence-electron chi connectivity index (χ3n) is 4.15. The highest BCUT2D eigenvalue weighted by molar-refractivity contribution is 5.94. The van der Waals surface area contributed by atoms with E-state index in [1.165, 1.54) is 25.3 Å². The Morgan fingerprint density at radius 2 is 2.08 bits per heavy atom. The summed E-state index contributed by atoms with van der Waals surface area (Å²) in [7, 11) is 1.33. The average Bonchev–Trinajstić information content (AvgIpc) is 2.65. The van der Waals surface area contributed by atoms with Crippen LogP contribution in [-0.4, -0.2) is 32.8 Å². The molecule has 1 heterocycles. The minimum Gasteiger partial charge on any atom is -0.493 e. The summed E-state index contributed by atoms with van der Waals surface area (Å²) >= 11 is 0. The molecule has 1 N–H and O–H groups in total. The van der Waals surface area contributed by atoms with E-state index in [0.717, 1.165) is 17.7 Å². The molecule has 1 amide bonds. The van der Waals surface area contributed by atoms with Crippen molar-refractivity contribution >= 4 is 5.91 Å². The van der Waals surface area contributed by atoms with Gasteiger partial charge in [0, 0.05) is 18.0 Å². The maximum Gasteiger partial charge on any atom is 0.387 e. The Hall–Kier alpha value is -2.83. The number of halogens is 2. The van der Waals surface area contributed by atoms with E-state index in [1.807, 2.05) is 24.3 Å². The van der Waals surface area contributed by atoms with E-state index in [1.54, 1.807) is 0 Å². The van der Waals surface area contributed by atoms with Crippen LogP contribution < -0.4 is 19.5 Å². The van der Waals surface area contributed by atoms with Gasteiger partial charge in [-0.15, -0.1) is 0 Å². The molecule has 0 saturated heterocycles. The second-order valence-corrected chi connectivity index (χ2v) is 5.94. The van der Waals surface area contributed by atoms with Crippen LogP contribution >= 0.6 is 0 Å². The molecule has 1 aliphatic heterocycles. The van der Waals surface area contributed by atoms with Gasteiger partial charge < -0.3 is 19.5 Å². The van der Waals surface area contributed by atoms with E-state index in [9.17, 15) is 13.6 Å². The quantitative estimate of drug-likeness (QED) is 0.856. The Balaban J connectivity index is 1.60. The number of fused-ring (bicyclic) bond motifs is 1. The Bertz CT molecular complexity index is 782. The van der Waals surface area contributed by atoms with Gasteiger partial charge in [0.15, 0.2) is 11.5 Å². The van der Waals surface area contributed by atoms with Crippen molar-refractivity contribution in [2.45, 2.75) is 13.0 Å². The zero-order valence-corrected chi connectivity index (χ0v) is 14.2. The summed E-state index contributed by atoms with van der Waals surface area (Å²) in [5, 5.41) is 2.85. The van der Waals surface area contributed by atoms with Crippen LogP contribution in [-0.2, 0) is 6.42 Å². The third-order valence-corrected chi connectivity index (χ3v) is 4.15. The first-order valence-electron chi connectivity index (χ1n) is 8.18. The summed E-state index contributed by atoms with van der Waals surface area (Å²) in [6.45, 7) is -1.98. The van der Waals surface area contributed by atoms with E-state index in [-0.39, 0.29) is 23.3 Å². The predicted molar refractivity (Wildman–Crippen MR) is 91.1 cm³/mol. The SMILES string of the molecule is COc1cc(C(=O)NCC2COc3ccccc3C2)ccc1OC(F)F. The van der Waals surface area contributed by atoms with Crippen molar-refractivity contribution in [3.63, 3.8) is 0 Å². The third kappa shape index (κ3) is 4.22. The van der Waals surface area contributed by atoms with E-state index in [0.29, 0.717) is 18.7 Å². The Labute approximate surface area is 149 Å². The second kappa shape index (κ2) is 8.03. The van der Waals surface area contributed by atoms with Gasteiger partial charge in [-0.2, -0.15) is 8.78 Å². The van der Waals surface area contributed by atoms with Crippen LogP contribution in [0.2, 0.25) is 0 Å². The van der Waals surface area contributed by atoms with Crippen molar-refractivity contribution < 1.29 is 27.8 Å². The molecule has 3 rings (SSSR count). The second-order valence-electron chi connectivity index (χ2n) is 5.94. The monoisotopic (exact) mass is 363 g/mol. The molecular formula is C19H19F2NO4. The summed E-state index contributed by atoms with van der Waals surface area (Å²) in [4.78, 5) is 12.3. The van der Waals surface area contributed by atoms with Gasteiger partial charge in [0.2, 0.25) is 0 Å². The molecule has 7 heteroatoms. The fourth-order valence-corrected chi connectivity index (χ4v) is 2.86. The maximum atomic E-state index is 12.4. The molecule has 1 atom stereocenters. The fraction of sp³-hybridized carbons (Fsp3) is 0.316. The zero-order chi connectivity index (χ0) is 18.5. The van der Waals surface area contributed by atoms with Gasteiger partial charge in [-0.3, -0.25) is 4.79 Å². The lowest BCUT2D eigenvalue weighted by Gasteiger charge is -2.25. The van der Waals surface area contributed by atoms with Gasteiger partial charge in [-0.25, -0.2) is 0 Å². The molecule has 0 spiro atoms. The number of benzene rings is 2. The molecule has 5 nitrogen and oxygen atoms in total. The van der Waals surface area contributed by atoms with Gasteiger partial charge in [-0.1, -0.05) is 18.2 Å². The van der Waals surface area contributed by atoms with E-state index in [4.69, 9.17) is 9.47 Å². The number of para-hydroxylation sites is 1. The summed E-state index contributed by atoms with van der Waals surface area (Å²) in [6, 6.07) is 11.9. The van der Waals surface area contributed by atoms with Crippen molar-refractivity contribution in [3.05, 3.63) is 53.6 Å². The van der Waals surface area contributed by atoms with Gasteiger partial charge >= 0.3 is 6.61 Å². The molecule has 0 aromatic heterocycles. The first-order valence-corrected chi connectivity index (χ1v) is 8.18. The summed E-state index contributed by atoms with van der Waals surface area (Å²) in [6.07, 6.45) is 0.820. The number of carbonyl (C=O) groups is 1. The van der Waals surface area contributed by atoms with Crippen LogP contribution in [0.1, 0.15) is 15.9 Å². The number of alkyl halides is 2. The van der Waals surface area contributed by atoms with Crippen molar-refractivity contribution in [1.82, 2.24) is 5.32 Å². The first kappa shape index (κ1) is 18.0. The Morgan fingerprint density at radius 3 is 2.85 bits per heavy atom. The van der Waals surface area contributed by atoms with Crippen molar-refractivity contribution in [2.75, 3.05) is 20.3 Å². The van der Waals surface area contributed by atoms with Crippen LogP contribution in [0.25, 0.3) is 0 Å². The first-order chi connectivity index (χ1) is 12.6. The number of carbonyl (C=O) groups excluding carboxylic acids is 1. The molecule has 0 radical (unpaired) electrons. The molecule has 138 valence electrons. The lowest BCUT2D eigenvalue weighted by Crippen LogP contribution is -2.34. The van der Waals surface area contributed by atoms with E-state index in [2.05, 4.69) is 10.1 Å².